The second-order valence-electron chi connectivity index (χ2n) is 4.15. The number of hydrogen-bond acceptors (Lipinski definition) is 4. The number of anilines is 1. The third-order valence-electron chi connectivity index (χ3n) is 2.92. The molecule has 1 aliphatic rings. The van der Waals surface area contributed by atoms with Gasteiger partial charge in [-0.2, -0.15) is 10.1 Å². The molecule has 2 aromatic rings. The number of benzene rings is 1. The maximum absolute atomic E-state index is 13.9. The minimum Gasteiger partial charge on any atom is -0.477 e. The van der Waals surface area contributed by atoms with E-state index in [1.807, 2.05) is 0 Å². The highest BCUT2D eigenvalue weighted by Gasteiger charge is 2.27. The molecule has 0 amide bonds. The van der Waals surface area contributed by atoms with Crippen LogP contribution in [0.1, 0.15) is 11.6 Å². The van der Waals surface area contributed by atoms with Crippen molar-refractivity contribution < 1.29 is 18.7 Å². The molecule has 0 radical (unpaired) electrons. The van der Waals surface area contributed by atoms with Crippen molar-refractivity contribution in [1.29, 1.82) is 0 Å². The number of aromatic nitrogens is 3. The Hall–Kier alpha value is -2.77. The highest BCUT2D eigenvalue weighted by atomic mass is 19.1. The molecule has 20 heavy (non-hydrogen) atoms. The van der Waals surface area contributed by atoms with E-state index in [0.717, 1.165) is 12.1 Å². The Bertz CT molecular complexity index is 726. The molecular formula is C12H8F2N4O2. The Kier molecular flexibility index (Phi) is 2.70. The Morgan fingerprint density at radius 2 is 2.20 bits per heavy atom. The van der Waals surface area contributed by atoms with Crippen LogP contribution in [0.25, 0.3) is 0 Å². The summed E-state index contributed by atoms with van der Waals surface area (Å²) in [4.78, 5) is 14.9. The predicted octanol–water partition coefficient (Wildman–Crippen LogP) is 1.54. The van der Waals surface area contributed by atoms with E-state index in [1.165, 1.54) is 23.2 Å². The summed E-state index contributed by atoms with van der Waals surface area (Å²) in [6, 6.07) is 2.29. The van der Waals surface area contributed by atoms with Gasteiger partial charge >= 0.3 is 5.97 Å². The zero-order valence-corrected chi connectivity index (χ0v) is 9.92. The third kappa shape index (κ3) is 1.91. The van der Waals surface area contributed by atoms with Gasteiger partial charge in [-0.3, -0.25) is 0 Å². The second kappa shape index (κ2) is 4.41. The van der Waals surface area contributed by atoms with E-state index in [2.05, 4.69) is 15.4 Å². The van der Waals surface area contributed by atoms with Crippen molar-refractivity contribution in [3.63, 3.8) is 0 Å². The molecule has 102 valence electrons. The van der Waals surface area contributed by atoms with Crippen LogP contribution >= 0.6 is 0 Å². The zero-order chi connectivity index (χ0) is 14.3. The fraction of sp³-hybridized carbons (Fsp3) is 0.0833. The number of fused-ring (bicyclic) bond motifs is 1. The molecule has 0 spiro atoms. The van der Waals surface area contributed by atoms with Crippen LogP contribution in [0.3, 0.4) is 0 Å². The van der Waals surface area contributed by atoms with Crippen molar-refractivity contribution in [2.75, 3.05) is 5.32 Å². The smallest absolute Gasteiger partial charge is 0.352 e. The lowest BCUT2D eigenvalue weighted by molar-refractivity contribution is -0.132. The van der Waals surface area contributed by atoms with Crippen molar-refractivity contribution >= 4 is 11.9 Å². The molecule has 1 atom stereocenters. The maximum Gasteiger partial charge on any atom is 0.352 e. The van der Waals surface area contributed by atoms with Gasteiger partial charge in [-0.1, -0.05) is 6.07 Å². The summed E-state index contributed by atoms with van der Waals surface area (Å²) < 4.78 is 28.1. The molecule has 0 aliphatic carbocycles. The van der Waals surface area contributed by atoms with Crippen molar-refractivity contribution in [3.8, 4) is 0 Å². The number of rotatable bonds is 2. The van der Waals surface area contributed by atoms with Crippen molar-refractivity contribution in [2.45, 2.75) is 6.04 Å². The van der Waals surface area contributed by atoms with E-state index in [0.29, 0.717) is 0 Å². The first-order valence-electron chi connectivity index (χ1n) is 5.63. The largest absolute Gasteiger partial charge is 0.477 e. The first kappa shape index (κ1) is 12.3. The van der Waals surface area contributed by atoms with Gasteiger partial charge in [-0.15, -0.1) is 0 Å². The lowest BCUT2D eigenvalue weighted by Gasteiger charge is -2.22. The Balaban J connectivity index is 2.14. The average molecular weight is 278 g/mol. The van der Waals surface area contributed by atoms with Crippen LogP contribution in [0.4, 0.5) is 14.7 Å². The van der Waals surface area contributed by atoms with Crippen LogP contribution in [0.5, 0.6) is 0 Å². The van der Waals surface area contributed by atoms with Crippen molar-refractivity contribution in [1.82, 2.24) is 14.8 Å². The van der Waals surface area contributed by atoms with Gasteiger partial charge in [-0.25, -0.2) is 18.3 Å². The molecule has 8 heteroatoms. The Morgan fingerprint density at radius 1 is 1.40 bits per heavy atom. The summed E-state index contributed by atoms with van der Waals surface area (Å²) in [6.07, 6.45) is 2.51. The van der Waals surface area contributed by atoms with E-state index in [-0.39, 0.29) is 17.2 Å². The topological polar surface area (TPSA) is 80.0 Å². The number of nitrogens with one attached hydrogen (secondary N) is 1. The Labute approximate surface area is 111 Å². The monoisotopic (exact) mass is 278 g/mol. The first-order valence-corrected chi connectivity index (χ1v) is 5.63. The molecule has 0 unspecified atom stereocenters. The first-order chi connectivity index (χ1) is 9.56. The molecular weight excluding hydrogens is 270 g/mol. The van der Waals surface area contributed by atoms with Crippen molar-refractivity contribution in [3.05, 3.63) is 53.5 Å². The lowest BCUT2D eigenvalue weighted by Crippen LogP contribution is -2.24. The molecule has 0 saturated heterocycles. The molecule has 1 aromatic carbocycles. The van der Waals surface area contributed by atoms with Gasteiger partial charge in [0.05, 0.1) is 0 Å². The second-order valence-corrected chi connectivity index (χ2v) is 4.15. The summed E-state index contributed by atoms with van der Waals surface area (Å²) in [5.74, 6) is -2.51. The third-order valence-corrected chi connectivity index (χ3v) is 2.92. The molecule has 2 heterocycles. The van der Waals surface area contributed by atoms with Gasteiger partial charge in [0, 0.05) is 11.6 Å². The van der Waals surface area contributed by atoms with E-state index in [4.69, 9.17) is 5.11 Å². The van der Waals surface area contributed by atoms with E-state index < -0.39 is 23.6 Å². The number of nitrogens with zero attached hydrogens (tertiary/aromatic N) is 3. The fourth-order valence-corrected chi connectivity index (χ4v) is 2.02. The molecule has 0 saturated carbocycles. The minimum atomic E-state index is -1.20. The lowest BCUT2D eigenvalue weighted by atomic mass is 10.0. The van der Waals surface area contributed by atoms with Crippen LogP contribution < -0.4 is 5.32 Å². The summed E-state index contributed by atoms with van der Waals surface area (Å²) in [5.41, 5.74) is -0.0300. The molecule has 6 nitrogen and oxygen atoms in total. The van der Waals surface area contributed by atoms with Crippen LogP contribution in [0.15, 0.2) is 36.3 Å². The zero-order valence-electron chi connectivity index (χ0n) is 9.92. The van der Waals surface area contributed by atoms with Gasteiger partial charge < -0.3 is 10.4 Å². The number of aliphatic carboxylic acids is 1. The number of carboxylic acids is 1. The fourth-order valence-electron chi connectivity index (χ4n) is 2.02. The summed E-state index contributed by atoms with van der Waals surface area (Å²) >= 11 is 0. The molecule has 1 aromatic heterocycles. The number of carboxylic acid groups (broad SMARTS) is 1. The average Bonchev–Trinajstić information content (AvgIpc) is 2.86. The van der Waals surface area contributed by atoms with Crippen LogP contribution in [0, 0.1) is 11.6 Å². The van der Waals surface area contributed by atoms with Crippen LogP contribution in [-0.4, -0.2) is 25.8 Å². The van der Waals surface area contributed by atoms with Crippen LogP contribution in [-0.2, 0) is 4.79 Å². The molecule has 0 bridgehead atoms. The normalized spacial score (nSPS) is 17.1. The summed E-state index contributed by atoms with van der Waals surface area (Å²) in [6.45, 7) is 0. The maximum atomic E-state index is 13.9. The molecule has 2 N–H and O–H groups in total. The Morgan fingerprint density at radius 3 is 2.90 bits per heavy atom. The van der Waals surface area contributed by atoms with Crippen molar-refractivity contribution in [2.24, 2.45) is 0 Å². The standard InChI is InChI=1S/C12H8F2N4O2/c13-6-1-2-7(8(14)3-6)10-4-9(11(19)20)17-12-15-5-16-18(10)12/h1-5,10H,(H,19,20)(H,15,16,17)/t10-/m1/s1. The highest BCUT2D eigenvalue weighted by molar-refractivity contribution is 5.90. The van der Waals surface area contributed by atoms with Gasteiger partial charge in [0.15, 0.2) is 0 Å². The van der Waals surface area contributed by atoms with Gasteiger partial charge in [-0.05, 0) is 12.1 Å². The number of hydrogen-bond donors (Lipinski definition) is 2. The van der Waals surface area contributed by atoms with E-state index in [1.54, 1.807) is 0 Å². The van der Waals surface area contributed by atoms with E-state index >= 15 is 0 Å². The number of allylic oxidation sites excluding steroid dienone is 1. The SMILES string of the molecule is O=C(O)C1=C[C@H](c2ccc(F)cc2F)n2ncnc2N1. The molecule has 1 aliphatic heterocycles. The quantitative estimate of drug-likeness (QED) is 0.871. The number of halogens is 2. The predicted molar refractivity (Wildman–Crippen MR) is 63.9 cm³/mol. The van der Waals surface area contributed by atoms with E-state index in [9.17, 15) is 13.6 Å². The van der Waals surface area contributed by atoms with Crippen LogP contribution in [0.2, 0.25) is 0 Å². The molecule has 0 fully saturated rings. The minimum absolute atomic E-state index is 0.110. The van der Waals surface area contributed by atoms with Gasteiger partial charge in [0.1, 0.15) is 29.7 Å². The van der Waals surface area contributed by atoms with Gasteiger partial charge in [0.2, 0.25) is 5.95 Å². The summed E-state index contributed by atoms with van der Waals surface area (Å²) in [5, 5.41) is 15.5. The highest BCUT2D eigenvalue weighted by Crippen LogP contribution is 2.29. The number of carbonyl (C=O) groups is 1. The molecule has 3 rings (SSSR count). The van der Waals surface area contributed by atoms with Gasteiger partial charge in [0.25, 0.3) is 0 Å². The summed E-state index contributed by atoms with van der Waals surface area (Å²) in [7, 11) is 0.